The molecular formula is C17H24BrNO4S. The number of sulfonamides is 1. The van der Waals surface area contributed by atoms with Crippen molar-refractivity contribution in [1.29, 1.82) is 0 Å². The molecule has 0 radical (unpaired) electrons. The average molecular weight is 418 g/mol. The smallest absolute Gasteiger partial charge is 0.424 e. The van der Waals surface area contributed by atoms with Crippen LogP contribution >= 0.6 is 15.9 Å². The molecule has 2 atom stereocenters. The van der Waals surface area contributed by atoms with Crippen LogP contribution in [0.2, 0.25) is 0 Å². The number of ether oxygens (including phenoxy) is 1. The number of benzene rings is 1. The van der Waals surface area contributed by atoms with Crippen LogP contribution in [0.25, 0.3) is 0 Å². The lowest BCUT2D eigenvalue weighted by Gasteiger charge is -2.25. The Hall–Kier alpha value is -1.08. The van der Waals surface area contributed by atoms with Gasteiger partial charge in [0.15, 0.2) is 0 Å². The van der Waals surface area contributed by atoms with Crippen molar-refractivity contribution in [3.63, 3.8) is 0 Å². The Morgan fingerprint density at radius 3 is 2.54 bits per heavy atom. The van der Waals surface area contributed by atoms with Crippen LogP contribution in [0.4, 0.5) is 4.79 Å². The highest BCUT2D eigenvalue weighted by Gasteiger charge is 2.45. The average Bonchev–Trinajstić information content (AvgIpc) is 2.94. The summed E-state index contributed by atoms with van der Waals surface area (Å²) in [6.07, 6.45) is 4.41. The minimum absolute atomic E-state index is 0.0909. The highest BCUT2D eigenvalue weighted by atomic mass is 79.9. The van der Waals surface area contributed by atoms with Crippen molar-refractivity contribution in [1.82, 2.24) is 4.31 Å². The first-order valence-corrected chi connectivity index (χ1v) is 10.7. The first-order chi connectivity index (χ1) is 11.4. The van der Waals surface area contributed by atoms with Gasteiger partial charge in [-0.1, -0.05) is 66.2 Å². The lowest BCUT2D eigenvalue weighted by molar-refractivity contribution is 0.170. The third kappa shape index (κ3) is 4.30. The van der Waals surface area contributed by atoms with E-state index in [-0.39, 0.29) is 16.3 Å². The summed E-state index contributed by atoms with van der Waals surface area (Å²) in [6, 6.07) is 5.99. The van der Waals surface area contributed by atoms with Gasteiger partial charge in [-0.05, 0) is 25.5 Å². The van der Waals surface area contributed by atoms with Crippen LogP contribution in [0.15, 0.2) is 29.2 Å². The molecule has 1 aromatic rings. The highest BCUT2D eigenvalue weighted by Crippen LogP contribution is 2.30. The van der Waals surface area contributed by atoms with E-state index >= 15 is 0 Å². The van der Waals surface area contributed by atoms with Gasteiger partial charge in [-0.3, -0.25) is 0 Å². The number of carbonyl (C=O) groups excluding carboxylic acids is 1. The normalized spacial score (nSPS) is 19.4. The third-order valence-electron chi connectivity index (χ3n) is 4.19. The molecular weight excluding hydrogens is 394 g/mol. The van der Waals surface area contributed by atoms with Crippen LogP contribution in [0, 0.1) is 6.92 Å². The molecule has 1 aliphatic heterocycles. The van der Waals surface area contributed by atoms with Crippen molar-refractivity contribution in [3.05, 3.63) is 29.8 Å². The number of aryl methyl sites for hydroxylation is 1. The SMILES string of the molecule is CCCCCC[C@@H](Br)[C@H]1COC(=O)N1S(=O)(=O)c1ccc(C)cc1. The molecule has 1 fully saturated rings. The predicted molar refractivity (Wildman–Crippen MR) is 96.8 cm³/mol. The molecule has 0 N–H and O–H groups in total. The standard InChI is InChI=1S/C17H24BrNO4S/c1-3-4-5-6-7-15(18)16-12-23-17(20)19(16)24(21,22)14-10-8-13(2)9-11-14/h8-11,15-16H,3-7,12H2,1-2H3/t15-,16-/m1/s1. The largest absolute Gasteiger partial charge is 0.446 e. The van der Waals surface area contributed by atoms with Crippen LogP contribution in [0.3, 0.4) is 0 Å². The van der Waals surface area contributed by atoms with Gasteiger partial charge in [0.05, 0.1) is 10.9 Å². The Bertz CT molecular complexity index is 660. The number of alkyl halides is 1. The van der Waals surface area contributed by atoms with Gasteiger partial charge in [-0.2, -0.15) is 4.31 Å². The molecule has 1 amide bonds. The van der Waals surface area contributed by atoms with Crippen molar-refractivity contribution < 1.29 is 17.9 Å². The van der Waals surface area contributed by atoms with Gasteiger partial charge in [0, 0.05) is 4.83 Å². The summed E-state index contributed by atoms with van der Waals surface area (Å²) >= 11 is 3.56. The lowest BCUT2D eigenvalue weighted by Crippen LogP contribution is -2.43. The minimum atomic E-state index is -3.91. The maximum absolute atomic E-state index is 12.9. The third-order valence-corrected chi connectivity index (χ3v) is 7.06. The summed E-state index contributed by atoms with van der Waals surface area (Å²) in [4.78, 5) is 12.1. The molecule has 7 heteroatoms. The molecule has 1 aliphatic rings. The lowest BCUT2D eigenvalue weighted by atomic mass is 10.1. The number of hydrogen-bond donors (Lipinski definition) is 0. The number of carbonyl (C=O) groups is 1. The molecule has 0 saturated carbocycles. The summed E-state index contributed by atoms with van der Waals surface area (Å²) in [5.74, 6) is 0. The molecule has 1 heterocycles. The first kappa shape index (κ1) is 19.2. The van der Waals surface area contributed by atoms with E-state index in [4.69, 9.17) is 4.74 Å². The molecule has 0 aliphatic carbocycles. The minimum Gasteiger partial charge on any atom is -0.446 e. The first-order valence-electron chi connectivity index (χ1n) is 8.30. The van der Waals surface area contributed by atoms with Gasteiger partial charge in [-0.25, -0.2) is 13.2 Å². The Morgan fingerprint density at radius 1 is 1.25 bits per heavy atom. The Kier molecular flexibility index (Phi) is 6.69. The Labute approximate surface area is 152 Å². The topological polar surface area (TPSA) is 63.7 Å². The van der Waals surface area contributed by atoms with E-state index < -0.39 is 22.2 Å². The van der Waals surface area contributed by atoms with Crippen LogP contribution in [0.1, 0.15) is 44.6 Å². The zero-order valence-corrected chi connectivity index (χ0v) is 16.5. The van der Waals surface area contributed by atoms with Crippen molar-refractivity contribution in [3.8, 4) is 0 Å². The number of cyclic esters (lactones) is 1. The van der Waals surface area contributed by atoms with E-state index in [9.17, 15) is 13.2 Å². The maximum atomic E-state index is 12.9. The number of nitrogens with zero attached hydrogens (tertiary/aromatic N) is 1. The summed E-state index contributed by atoms with van der Waals surface area (Å²) in [6.45, 7) is 4.12. The molecule has 24 heavy (non-hydrogen) atoms. The van der Waals surface area contributed by atoms with Crippen LogP contribution < -0.4 is 0 Å². The quantitative estimate of drug-likeness (QED) is 0.468. The zero-order valence-electron chi connectivity index (χ0n) is 14.1. The molecule has 134 valence electrons. The molecule has 0 bridgehead atoms. The van der Waals surface area contributed by atoms with Gasteiger partial charge in [0.2, 0.25) is 0 Å². The molecule has 0 unspecified atom stereocenters. The number of unbranched alkanes of at least 4 members (excludes halogenated alkanes) is 3. The fourth-order valence-corrected chi connectivity index (χ4v) is 5.12. The van der Waals surface area contributed by atoms with Crippen molar-refractivity contribution in [2.24, 2.45) is 0 Å². The fourth-order valence-electron chi connectivity index (χ4n) is 2.73. The highest BCUT2D eigenvalue weighted by molar-refractivity contribution is 9.09. The van der Waals surface area contributed by atoms with Crippen molar-refractivity contribution in [2.45, 2.75) is 61.7 Å². The molecule has 1 saturated heterocycles. The van der Waals surface area contributed by atoms with Crippen molar-refractivity contribution >= 4 is 32.0 Å². The van der Waals surface area contributed by atoms with Crippen molar-refractivity contribution in [2.75, 3.05) is 6.61 Å². The van der Waals surface area contributed by atoms with Gasteiger partial charge >= 0.3 is 6.09 Å². The Morgan fingerprint density at radius 2 is 1.92 bits per heavy atom. The number of amides is 1. The zero-order chi connectivity index (χ0) is 17.7. The fraction of sp³-hybridized carbons (Fsp3) is 0.588. The van der Waals surface area contributed by atoms with Crippen LogP contribution in [-0.2, 0) is 14.8 Å². The number of halogens is 1. The molecule has 0 spiro atoms. The Balaban J connectivity index is 2.16. The molecule has 2 rings (SSSR count). The second-order valence-corrected chi connectivity index (χ2v) is 9.11. The summed E-state index contributed by atoms with van der Waals surface area (Å²) < 4.78 is 31.6. The summed E-state index contributed by atoms with van der Waals surface area (Å²) in [5.41, 5.74) is 0.962. The van der Waals surface area contributed by atoms with Gasteiger partial charge in [-0.15, -0.1) is 0 Å². The molecule has 5 nitrogen and oxygen atoms in total. The second kappa shape index (κ2) is 8.34. The van der Waals surface area contributed by atoms with Gasteiger partial charge < -0.3 is 4.74 Å². The second-order valence-electron chi connectivity index (χ2n) is 6.12. The predicted octanol–water partition coefficient (Wildman–Crippen LogP) is 4.24. The van der Waals surface area contributed by atoms with E-state index in [1.54, 1.807) is 12.1 Å². The van der Waals surface area contributed by atoms with E-state index in [1.807, 2.05) is 6.92 Å². The number of hydrogen-bond acceptors (Lipinski definition) is 4. The molecule has 0 aromatic heterocycles. The van der Waals surface area contributed by atoms with Gasteiger partial charge in [0.1, 0.15) is 6.61 Å². The van der Waals surface area contributed by atoms with E-state index in [2.05, 4.69) is 22.9 Å². The van der Waals surface area contributed by atoms with Crippen LogP contribution in [-0.4, -0.2) is 36.3 Å². The monoisotopic (exact) mass is 417 g/mol. The van der Waals surface area contributed by atoms with Gasteiger partial charge in [0.25, 0.3) is 10.0 Å². The van der Waals surface area contributed by atoms with E-state index in [1.165, 1.54) is 12.1 Å². The summed E-state index contributed by atoms with van der Waals surface area (Å²) in [5, 5.41) is 0. The number of rotatable bonds is 8. The summed E-state index contributed by atoms with van der Waals surface area (Å²) in [7, 11) is -3.91. The van der Waals surface area contributed by atoms with E-state index in [0.29, 0.717) is 0 Å². The maximum Gasteiger partial charge on any atom is 0.424 e. The van der Waals surface area contributed by atoms with Crippen LogP contribution in [0.5, 0.6) is 0 Å². The molecule has 1 aromatic carbocycles. The van der Waals surface area contributed by atoms with E-state index in [0.717, 1.165) is 42.0 Å².